The van der Waals surface area contributed by atoms with Gasteiger partial charge in [-0.1, -0.05) is 18.0 Å². The minimum Gasteiger partial charge on any atom is -0.371 e. The third-order valence-electron chi connectivity index (χ3n) is 4.04. The molecular weight excluding hydrogens is 262 g/mol. The Morgan fingerprint density at radius 1 is 1.47 bits per heavy atom. The number of rotatable bonds is 4. The van der Waals surface area contributed by atoms with E-state index in [2.05, 4.69) is 4.90 Å². The number of benzene rings is 1. The summed E-state index contributed by atoms with van der Waals surface area (Å²) in [6, 6.07) is 5.81. The van der Waals surface area contributed by atoms with Crippen molar-refractivity contribution in [3.8, 4) is 0 Å². The first-order valence-electron chi connectivity index (χ1n) is 6.57. The lowest BCUT2D eigenvalue weighted by Crippen LogP contribution is -2.37. The molecule has 104 valence electrons. The molecule has 0 aromatic heterocycles. The van der Waals surface area contributed by atoms with Crippen LogP contribution in [0.15, 0.2) is 18.2 Å². The Labute approximate surface area is 118 Å². The van der Waals surface area contributed by atoms with Crippen LogP contribution >= 0.6 is 11.6 Å². The van der Waals surface area contributed by atoms with E-state index in [0.29, 0.717) is 29.1 Å². The summed E-state index contributed by atoms with van der Waals surface area (Å²) >= 11 is 6.09. The number of carbonyl (C=O) groups is 1. The average molecular weight is 282 g/mol. The summed E-state index contributed by atoms with van der Waals surface area (Å²) in [5, 5.41) is 0.402. The van der Waals surface area contributed by atoms with E-state index in [9.17, 15) is 4.79 Å². The zero-order valence-electron chi connectivity index (χ0n) is 11.1. The fraction of sp³-hybridized carbons (Fsp3) is 0.500. The Balaban J connectivity index is 2.22. The first kappa shape index (κ1) is 14.2. The maximum atomic E-state index is 11.2. The van der Waals surface area contributed by atoms with Gasteiger partial charge in [-0.3, -0.25) is 4.79 Å². The van der Waals surface area contributed by atoms with Gasteiger partial charge in [-0.05, 0) is 43.5 Å². The number of hydrogen-bond acceptors (Lipinski definition) is 3. The quantitative estimate of drug-likeness (QED) is 0.887. The molecule has 0 bridgehead atoms. The normalized spacial score (nSPS) is 22.5. The molecule has 1 saturated carbocycles. The molecule has 1 fully saturated rings. The molecule has 19 heavy (non-hydrogen) atoms. The summed E-state index contributed by atoms with van der Waals surface area (Å²) in [6.07, 6.45) is 3.54. The molecule has 5 heteroatoms. The Kier molecular flexibility index (Phi) is 4.32. The van der Waals surface area contributed by atoms with E-state index < -0.39 is 5.91 Å². The lowest BCUT2D eigenvalue weighted by molar-refractivity contribution is 0.100. The van der Waals surface area contributed by atoms with E-state index in [1.54, 1.807) is 12.1 Å². The summed E-state index contributed by atoms with van der Waals surface area (Å²) < 4.78 is 0. The van der Waals surface area contributed by atoms with Crippen LogP contribution in [0.5, 0.6) is 0 Å². The van der Waals surface area contributed by atoms with Gasteiger partial charge in [-0.2, -0.15) is 0 Å². The number of hydrogen-bond donors (Lipinski definition) is 2. The van der Waals surface area contributed by atoms with Crippen LogP contribution in [0.2, 0.25) is 5.02 Å². The molecule has 1 aromatic rings. The van der Waals surface area contributed by atoms with Crippen LogP contribution in [0, 0.1) is 5.92 Å². The molecule has 4 nitrogen and oxygen atoms in total. The zero-order chi connectivity index (χ0) is 14.0. The van der Waals surface area contributed by atoms with Gasteiger partial charge in [0.25, 0.3) is 0 Å². The molecule has 2 atom stereocenters. The molecule has 0 spiro atoms. The topological polar surface area (TPSA) is 72.3 Å². The van der Waals surface area contributed by atoms with Crippen LogP contribution in [0.3, 0.4) is 0 Å². The van der Waals surface area contributed by atoms with Crippen LogP contribution in [0.25, 0.3) is 0 Å². The van der Waals surface area contributed by atoms with Gasteiger partial charge in [-0.15, -0.1) is 0 Å². The Hall–Kier alpha value is -1.26. The second-order valence-electron chi connectivity index (χ2n) is 5.13. The molecule has 0 saturated heterocycles. The number of halogens is 1. The van der Waals surface area contributed by atoms with Gasteiger partial charge in [0, 0.05) is 18.8 Å². The van der Waals surface area contributed by atoms with Gasteiger partial charge in [0.05, 0.1) is 10.6 Å². The van der Waals surface area contributed by atoms with E-state index >= 15 is 0 Å². The summed E-state index contributed by atoms with van der Waals surface area (Å²) in [5.74, 6) is 0.0273. The van der Waals surface area contributed by atoms with Crippen LogP contribution in [-0.4, -0.2) is 25.5 Å². The number of amides is 1. The van der Waals surface area contributed by atoms with Gasteiger partial charge in [0.15, 0.2) is 0 Å². The van der Waals surface area contributed by atoms with Gasteiger partial charge in [0.2, 0.25) is 5.91 Å². The van der Waals surface area contributed by atoms with E-state index in [1.165, 1.54) is 12.8 Å². The minimum atomic E-state index is -0.500. The van der Waals surface area contributed by atoms with Crippen LogP contribution in [0.4, 0.5) is 5.69 Å². The predicted molar refractivity (Wildman–Crippen MR) is 78.6 cm³/mol. The minimum absolute atomic E-state index is 0.362. The SMILES string of the molecule is CN(c1ccc(C(N)=O)c(Cl)c1)C1CCCC1CN. The molecule has 4 N–H and O–H groups in total. The third kappa shape index (κ3) is 2.85. The number of nitrogens with zero attached hydrogens (tertiary/aromatic N) is 1. The second kappa shape index (κ2) is 5.80. The number of nitrogens with two attached hydrogens (primary N) is 2. The zero-order valence-corrected chi connectivity index (χ0v) is 11.9. The van der Waals surface area contributed by atoms with Gasteiger partial charge in [-0.25, -0.2) is 0 Å². The van der Waals surface area contributed by atoms with Crippen molar-refractivity contribution in [3.05, 3.63) is 28.8 Å². The van der Waals surface area contributed by atoms with E-state index in [0.717, 1.165) is 12.1 Å². The van der Waals surface area contributed by atoms with Crippen molar-refractivity contribution in [2.45, 2.75) is 25.3 Å². The molecule has 2 rings (SSSR count). The average Bonchev–Trinajstić information content (AvgIpc) is 2.85. The highest BCUT2D eigenvalue weighted by atomic mass is 35.5. The number of carbonyl (C=O) groups excluding carboxylic acids is 1. The lowest BCUT2D eigenvalue weighted by Gasteiger charge is -2.31. The molecule has 0 radical (unpaired) electrons. The monoisotopic (exact) mass is 281 g/mol. The van der Waals surface area contributed by atoms with Crippen LogP contribution in [-0.2, 0) is 0 Å². The van der Waals surface area contributed by atoms with E-state index in [4.69, 9.17) is 23.1 Å². The fourth-order valence-corrected chi connectivity index (χ4v) is 3.18. The van der Waals surface area contributed by atoms with Crippen LogP contribution < -0.4 is 16.4 Å². The molecule has 0 aliphatic heterocycles. The van der Waals surface area contributed by atoms with Gasteiger partial charge in [0.1, 0.15) is 0 Å². The first-order valence-corrected chi connectivity index (χ1v) is 6.94. The summed E-state index contributed by atoms with van der Waals surface area (Å²) in [4.78, 5) is 13.4. The molecule has 1 aromatic carbocycles. The van der Waals surface area contributed by atoms with Crippen molar-refractivity contribution in [1.29, 1.82) is 0 Å². The highest BCUT2D eigenvalue weighted by molar-refractivity contribution is 6.34. The Bertz CT molecular complexity index is 478. The molecule has 2 unspecified atom stereocenters. The Morgan fingerprint density at radius 2 is 2.21 bits per heavy atom. The van der Waals surface area contributed by atoms with Crippen molar-refractivity contribution in [2.24, 2.45) is 17.4 Å². The third-order valence-corrected chi connectivity index (χ3v) is 4.36. The second-order valence-corrected chi connectivity index (χ2v) is 5.54. The number of anilines is 1. The van der Waals surface area contributed by atoms with Crippen LogP contribution in [0.1, 0.15) is 29.6 Å². The maximum absolute atomic E-state index is 11.2. The van der Waals surface area contributed by atoms with Gasteiger partial charge >= 0.3 is 0 Å². The highest BCUT2D eigenvalue weighted by Gasteiger charge is 2.29. The van der Waals surface area contributed by atoms with Crippen molar-refractivity contribution < 1.29 is 4.79 Å². The number of primary amides is 1. The highest BCUT2D eigenvalue weighted by Crippen LogP contribution is 2.33. The van der Waals surface area contributed by atoms with Gasteiger partial charge < -0.3 is 16.4 Å². The smallest absolute Gasteiger partial charge is 0.250 e. The Morgan fingerprint density at radius 3 is 2.79 bits per heavy atom. The van der Waals surface area contributed by atoms with Crippen molar-refractivity contribution in [3.63, 3.8) is 0 Å². The standard InChI is InChI=1S/C14H20ClN3O/c1-18(13-4-2-3-9(13)8-16)10-5-6-11(14(17)19)12(15)7-10/h5-7,9,13H,2-4,8,16H2,1H3,(H2,17,19). The maximum Gasteiger partial charge on any atom is 0.250 e. The molecule has 1 amide bonds. The summed E-state index contributed by atoms with van der Waals surface area (Å²) in [6.45, 7) is 0.710. The largest absolute Gasteiger partial charge is 0.371 e. The summed E-state index contributed by atoms with van der Waals surface area (Å²) in [5.41, 5.74) is 12.4. The van der Waals surface area contributed by atoms with Crippen molar-refractivity contribution in [2.75, 3.05) is 18.5 Å². The lowest BCUT2D eigenvalue weighted by atomic mass is 10.0. The summed E-state index contributed by atoms with van der Waals surface area (Å²) in [7, 11) is 2.05. The molecule has 1 aliphatic carbocycles. The van der Waals surface area contributed by atoms with E-state index in [-0.39, 0.29) is 0 Å². The first-order chi connectivity index (χ1) is 9.04. The molecule has 1 aliphatic rings. The molecule has 0 heterocycles. The van der Waals surface area contributed by atoms with E-state index in [1.807, 2.05) is 13.1 Å². The molecular formula is C14H20ClN3O. The van der Waals surface area contributed by atoms with Crippen molar-refractivity contribution in [1.82, 2.24) is 0 Å². The fourth-order valence-electron chi connectivity index (χ4n) is 2.92. The van der Waals surface area contributed by atoms with Crippen molar-refractivity contribution >= 4 is 23.2 Å². The predicted octanol–water partition coefficient (Wildman–Crippen LogP) is 2.00.